The predicted octanol–water partition coefficient (Wildman–Crippen LogP) is 0.830. The van der Waals surface area contributed by atoms with Crippen molar-refractivity contribution in [1.29, 1.82) is 0 Å². The van der Waals surface area contributed by atoms with E-state index in [1.807, 2.05) is 19.9 Å². The second kappa shape index (κ2) is 8.56. The maximum absolute atomic E-state index is 12.1. The van der Waals surface area contributed by atoms with E-state index in [9.17, 15) is 14.4 Å². The summed E-state index contributed by atoms with van der Waals surface area (Å²) < 4.78 is 0. The molecule has 0 saturated heterocycles. The van der Waals surface area contributed by atoms with E-state index in [1.54, 1.807) is 18.9 Å². The molecule has 6 heteroatoms. The highest BCUT2D eigenvalue weighted by Gasteiger charge is 2.24. The maximum atomic E-state index is 12.1. The van der Waals surface area contributed by atoms with Crippen molar-refractivity contribution in [3.05, 3.63) is 11.6 Å². The molecule has 1 aliphatic rings. The Kier molecular flexibility index (Phi) is 7.08. The van der Waals surface area contributed by atoms with Crippen LogP contribution < -0.4 is 10.6 Å². The van der Waals surface area contributed by atoms with Crippen molar-refractivity contribution in [1.82, 2.24) is 15.5 Å². The van der Waals surface area contributed by atoms with Gasteiger partial charge in [-0.3, -0.25) is 14.4 Å². The summed E-state index contributed by atoms with van der Waals surface area (Å²) in [4.78, 5) is 36.0. The molecule has 124 valence electrons. The van der Waals surface area contributed by atoms with Crippen molar-refractivity contribution in [2.45, 2.75) is 52.1 Å². The van der Waals surface area contributed by atoms with Gasteiger partial charge in [0.25, 0.3) is 0 Å². The minimum absolute atomic E-state index is 0.0373. The molecule has 6 nitrogen and oxygen atoms in total. The first-order valence-corrected chi connectivity index (χ1v) is 7.78. The molecule has 1 fully saturated rings. The fraction of sp³-hybridized carbons (Fsp3) is 0.688. The van der Waals surface area contributed by atoms with Gasteiger partial charge >= 0.3 is 0 Å². The van der Waals surface area contributed by atoms with Crippen molar-refractivity contribution in [3.63, 3.8) is 0 Å². The number of likely N-dealkylation sites (N-methyl/N-ethyl adjacent to an activating group) is 1. The Morgan fingerprint density at radius 2 is 1.95 bits per heavy atom. The first kappa shape index (κ1) is 18.2. The summed E-state index contributed by atoms with van der Waals surface area (Å²) in [6.45, 7) is 5.72. The minimum atomic E-state index is -0.187. The SMILES string of the molecule is C/C(=C\[C@H](C(C)C)N(C)C(=O)CNC=O)C(=O)NC1CCC1. The van der Waals surface area contributed by atoms with E-state index in [-0.39, 0.29) is 30.3 Å². The molecule has 2 N–H and O–H groups in total. The zero-order valence-corrected chi connectivity index (χ0v) is 13.9. The molecule has 0 heterocycles. The summed E-state index contributed by atoms with van der Waals surface area (Å²) in [5, 5.41) is 5.36. The Labute approximate surface area is 132 Å². The van der Waals surface area contributed by atoms with Gasteiger partial charge in [-0.2, -0.15) is 0 Å². The van der Waals surface area contributed by atoms with E-state index in [2.05, 4.69) is 10.6 Å². The molecular formula is C16H27N3O3. The van der Waals surface area contributed by atoms with Crippen LogP contribution in [0, 0.1) is 5.92 Å². The molecule has 1 aliphatic carbocycles. The zero-order valence-electron chi connectivity index (χ0n) is 13.9. The number of carbonyl (C=O) groups excluding carboxylic acids is 3. The molecule has 3 amide bonds. The Morgan fingerprint density at radius 1 is 1.32 bits per heavy atom. The highest BCUT2D eigenvalue weighted by atomic mass is 16.2. The average Bonchev–Trinajstić information content (AvgIpc) is 2.44. The number of hydrogen-bond acceptors (Lipinski definition) is 3. The number of nitrogens with zero attached hydrogens (tertiary/aromatic N) is 1. The summed E-state index contributed by atoms with van der Waals surface area (Å²) in [6.07, 6.45) is 5.59. The van der Waals surface area contributed by atoms with Gasteiger partial charge in [-0.05, 0) is 32.1 Å². The highest BCUT2D eigenvalue weighted by Crippen LogP contribution is 2.19. The number of carbonyl (C=O) groups is 3. The molecular weight excluding hydrogens is 282 g/mol. The third kappa shape index (κ3) is 5.16. The summed E-state index contributed by atoms with van der Waals surface area (Å²) in [5.41, 5.74) is 0.619. The number of hydrogen-bond donors (Lipinski definition) is 2. The average molecular weight is 309 g/mol. The van der Waals surface area contributed by atoms with Crippen LogP contribution in [0.1, 0.15) is 40.0 Å². The third-order valence-corrected chi connectivity index (χ3v) is 4.08. The van der Waals surface area contributed by atoms with Gasteiger partial charge in [0, 0.05) is 18.7 Å². The monoisotopic (exact) mass is 309 g/mol. The molecule has 1 atom stereocenters. The Bertz CT molecular complexity index is 442. The predicted molar refractivity (Wildman–Crippen MR) is 85.0 cm³/mol. The van der Waals surface area contributed by atoms with Gasteiger partial charge in [-0.1, -0.05) is 19.9 Å². The maximum Gasteiger partial charge on any atom is 0.246 e. The van der Waals surface area contributed by atoms with Crippen molar-refractivity contribution in [2.24, 2.45) is 5.92 Å². The van der Waals surface area contributed by atoms with Gasteiger partial charge < -0.3 is 15.5 Å². The molecule has 0 bridgehead atoms. The fourth-order valence-electron chi connectivity index (χ4n) is 2.36. The fourth-order valence-corrected chi connectivity index (χ4v) is 2.36. The first-order chi connectivity index (χ1) is 10.4. The molecule has 1 rings (SSSR count). The lowest BCUT2D eigenvalue weighted by atomic mass is 9.92. The molecule has 0 aromatic heterocycles. The van der Waals surface area contributed by atoms with Gasteiger partial charge in [-0.15, -0.1) is 0 Å². The topological polar surface area (TPSA) is 78.5 Å². The lowest BCUT2D eigenvalue weighted by Crippen LogP contribution is -2.44. The van der Waals surface area contributed by atoms with E-state index >= 15 is 0 Å². The quantitative estimate of drug-likeness (QED) is 0.515. The van der Waals surface area contributed by atoms with Crippen LogP contribution in [-0.2, 0) is 14.4 Å². The van der Waals surface area contributed by atoms with Crippen LogP contribution in [0.15, 0.2) is 11.6 Å². The Hall–Kier alpha value is -1.85. The molecule has 0 unspecified atom stereocenters. The minimum Gasteiger partial charge on any atom is -0.350 e. The van der Waals surface area contributed by atoms with Gasteiger partial charge in [-0.25, -0.2) is 0 Å². The number of amides is 3. The Balaban J connectivity index is 2.71. The second-order valence-corrected chi connectivity index (χ2v) is 6.19. The van der Waals surface area contributed by atoms with Crippen LogP contribution in [0.5, 0.6) is 0 Å². The van der Waals surface area contributed by atoms with E-state index in [0.717, 1.165) is 12.8 Å². The van der Waals surface area contributed by atoms with Crippen LogP contribution >= 0.6 is 0 Å². The van der Waals surface area contributed by atoms with Gasteiger partial charge in [0.2, 0.25) is 18.2 Å². The standard InChI is InChI=1S/C16H27N3O3/c1-11(2)14(19(4)15(21)9-17-10-20)8-12(3)16(22)18-13-6-5-7-13/h8,10-11,13-14H,5-7,9H2,1-4H3,(H,17,20)(H,18,22)/b12-8+/t14-/m1/s1. The molecule has 0 aliphatic heterocycles. The second-order valence-electron chi connectivity index (χ2n) is 6.19. The molecule has 1 saturated carbocycles. The number of nitrogens with one attached hydrogen (secondary N) is 2. The zero-order chi connectivity index (χ0) is 16.7. The van der Waals surface area contributed by atoms with E-state index < -0.39 is 0 Å². The summed E-state index contributed by atoms with van der Waals surface area (Å²) >= 11 is 0. The van der Waals surface area contributed by atoms with Crippen LogP contribution in [0.3, 0.4) is 0 Å². The van der Waals surface area contributed by atoms with Crippen LogP contribution in [0.2, 0.25) is 0 Å². The summed E-state index contributed by atoms with van der Waals surface area (Å²) in [7, 11) is 1.69. The molecule has 0 aromatic rings. The molecule has 0 spiro atoms. The normalized spacial score (nSPS) is 16.7. The van der Waals surface area contributed by atoms with E-state index in [1.165, 1.54) is 6.42 Å². The van der Waals surface area contributed by atoms with Crippen molar-refractivity contribution in [2.75, 3.05) is 13.6 Å². The van der Waals surface area contributed by atoms with Crippen LogP contribution in [-0.4, -0.2) is 48.8 Å². The highest BCUT2D eigenvalue weighted by molar-refractivity contribution is 5.93. The number of rotatable bonds is 8. The van der Waals surface area contributed by atoms with Gasteiger partial charge in [0.1, 0.15) is 0 Å². The smallest absolute Gasteiger partial charge is 0.246 e. The Morgan fingerprint density at radius 3 is 2.41 bits per heavy atom. The van der Waals surface area contributed by atoms with Crippen molar-refractivity contribution >= 4 is 18.2 Å². The lowest BCUT2D eigenvalue weighted by Gasteiger charge is -2.30. The lowest BCUT2D eigenvalue weighted by molar-refractivity contribution is -0.132. The first-order valence-electron chi connectivity index (χ1n) is 7.78. The van der Waals surface area contributed by atoms with Crippen LogP contribution in [0.4, 0.5) is 0 Å². The van der Waals surface area contributed by atoms with E-state index in [4.69, 9.17) is 0 Å². The van der Waals surface area contributed by atoms with Gasteiger partial charge in [0.05, 0.1) is 12.6 Å². The van der Waals surface area contributed by atoms with Crippen molar-refractivity contribution < 1.29 is 14.4 Å². The van der Waals surface area contributed by atoms with Gasteiger partial charge in [0.15, 0.2) is 0 Å². The molecule has 0 radical (unpaired) electrons. The van der Waals surface area contributed by atoms with Crippen LogP contribution in [0.25, 0.3) is 0 Å². The van der Waals surface area contributed by atoms with Crippen molar-refractivity contribution in [3.8, 4) is 0 Å². The summed E-state index contributed by atoms with van der Waals surface area (Å²) in [6, 6.07) is 0.109. The summed E-state index contributed by atoms with van der Waals surface area (Å²) in [5.74, 6) is -0.0897. The third-order valence-electron chi connectivity index (χ3n) is 4.08. The van der Waals surface area contributed by atoms with E-state index in [0.29, 0.717) is 18.0 Å². The largest absolute Gasteiger partial charge is 0.350 e. The molecule has 0 aromatic carbocycles. The molecule has 22 heavy (non-hydrogen) atoms.